The van der Waals surface area contributed by atoms with Crippen LogP contribution in [0.4, 0.5) is 0 Å². The normalized spacial score (nSPS) is 15.9. The van der Waals surface area contributed by atoms with Crippen LogP contribution >= 0.6 is 11.6 Å². The van der Waals surface area contributed by atoms with Gasteiger partial charge in [-0.25, -0.2) is 4.98 Å². The Morgan fingerprint density at radius 1 is 1.69 bits per heavy atom. The van der Waals surface area contributed by atoms with E-state index in [4.69, 9.17) is 11.6 Å². The average molecular weight is 242 g/mol. The Balaban J connectivity index is 2.09. The maximum atomic E-state index is 12.2. The molecule has 1 heterocycles. The summed E-state index contributed by atoms with van der Waals surface area (Å²) in [5.41, 5.74) is 0.513. The van der Waals surface area contributed by atoms with Crippen molar-refractivity contribution >= 4 is 17.5 Å². The van der Waals surface area contributed by atoms with Gasteiger partial charge in [0.05, 0.1) is 6.33 Å². The minimum absolute atomic E-state index is 0.00551. The van der Waals surface area contributed by atoms with Crippen LogP contribution in [0.2, 0.25) is 0 Å². The Hall–Kier alpha value is -1.03. The topological polar surface area (TPSA) is 38.1 Å². The average Bonchev–Trinajstić information content (AvgIpc) is 2.60. The minimum atomic E-state index is 0.00551. The molecule has 1 aromatic heterocycles. The second-order valence-corrected chi connectivity index (χ2v) is 4.57. The second-order valence-electron chi connectivity index (χ2n) is 4.20. The van der Waals surface area contributed by atoms with Crippen molar-refractivity contribution in [2.75, 3.05) is 12.4 Å². The highest BCUT2D eigenvalue weighted by Gasteiger charge is 2.29. The van der Waals surface area contributed by atoms with Crippen molar-refractivity contribution in [2.45, 2.75) is 25.3 Å². The molecule has 1 fully saturated rings. The van der Waals surface area contributed by atoms with Crippen LogP contribution in [-0.2, 0) is 7.05 Å². The summed E-state index contributed by atoms with van der Waals surface area (Å²) in [6.07, 6.45) is 6.79. The first-order valence-electron chi connectivity index (χ1n) is 5.57. The number of carbonyl (C=O) groups excluding carboxylic acids is 1. The number of imidazole rings is 1. The van der Waals surface area contributed by atoms with Crippen molar-refractivity contribution in [3.8, 4) is 0 Å². The third-order valence-corrected chi connectivity index (χ3v) is 3.19. The van der Waals surface area contributed by atoms with Gasteiger partial charge in [0.2, 0.25) is 0 Å². The summed E-state index contributed by atoms with van der Waals surface area (Å²) in [6.45, 7) is 0.613. The SMILES string of the molecule is Cn1cnc(C(=O)N(CCCl)C2CCC2)c1. The Morgan fingerprint density at radius 2 is 2.44 bits per heavy atom. The first-order valence-corrected chi connectivity index (χ1v) is 6.10. The number of nitrogens with zero attached hydrogens (tertiary/aromatic N) is 3. The molecule has 0 N–H and O–H groups in total. The fourth-order valence-electron chi connectivity index (χ4n) is 1.91. The Kier molecular flexibility index (Phi) is 3.49. The highest BCUT2D eigenvalue weighted by molar-refractivity contribution is 6.18. The summed E-state index contributed by atoms with van der Waals surface area (Å²) in [4.78, 5) is 18.1. The Labute approximate surface area is 100 Å². The van der Waals surface area contributed by atoms with E-state index in [9.17, 15) is 4.79 Å². The lowest BCUT2D eigenvalue weighted by Crippen LogP contribution is -2.45. The maximum absolute atomic E-state index is 12.2. The molecule has 1 aliphatic carbocycles. The van der Waals surface area contributed by atoms with Crippen LogP contribution in [0.1, 0.15) is 29.8 Å². The summed E-state index contributed by atoms with van der Waals surface area (Å²) in [6, 6.07) is 0.369. The fraction of sp³-hybridized carbons (Fsp3) is 0.636. The van der Waals surface area contributed by atoms with Crippen molar-refractivity contribution in [2.24, 2.45) is 7.05 Å². The van der Waals surface area contributed by atoms with Gasteiger partial charge in [-0.3, -0.25) is 4.79 Å². The van der Waals surface area contributed by atoms with Gasteiger partial charge in [-0.15, -0.1) is 11.6 Å². The zero-order chi connectivity index (χ0) is 11.5. The summed E-state index contributed by atoms with van der Waals surface area (Å²) in [5.74, 6) is 0.487. The van der Waals surface area contributed by atoms with E-state index in [1.165, 1.54) is 6.42 Å². The molecule has 0 saturated heterocycles. The summed E-state index contributed by atoms with van der Waals surface area (Å²) < 4.78 is 1.78. The molecule has 1 aliphatic rings. The Morgan fingerprint density at radius 3 is 2.88 bits per heavy atom. The summed E-state index contributed by atoms with van der Waals surface area (Å²) in [5, 5.41) is 0. The molecule has 0 aliphatic heterocycles. The van der Waals surface area contributed by atoms with E-state index in [0.717, 1.165) is 12.8 Å². The van der Waals surface area contributed by atoms with Gasteiger partial charge in [-0.05, 0) is 19.3 Å². The van der Waals surface area contributed by atoms with Crippen molar-refractivity contribution in [1.82, 2.24) is 14.5 Å². The van der Waals surface area contributed by atoms with E-state index in [2.05, 4.69) is 4.98 Å². The predicted molar refractivity (Wildman–Crippen MR) is 62.6 cm³/mol. The van der Waals surface area contributed by atoms with Crippen molar-refractivity contribution in [3.05, 3.63) is 18.2 Å². The molecule has 2 rings (SSSR count). The molecule has 0 radical (unpaired) electrons. The molecule has 5 heteroatoms. The number of hydrogen-bond acceptors (Lipinski definition) is 2. The minimum Gasteiger partial charge on any atom is -0.340 e. The van der Waals surface area contributed by atoms with E-state index < -0.39 is 0 Å². The molecule has 0 aromatic carbocycles. The molecule has 0 atom stereocenters. The molecular formula is C11H16ClN3O. The molecule has 4 nitrogen and oxygen atoms in total. The predicted octanol–water partition coefficient (Wildman–Crippen LogP) is 1.65. The molecule has 1 aromatic rings. The number of carbonyl (C=O) groups is 1. The Bertz CT molecular complexity index is 373. The number of rotatable bonds is 4. The highest BCUT2D eigenvalue weighted by atomic mass is 35.5. The van der Waals surface area contributed by atoms with Crippen molar-refractivity contribution < 1.29 is 4.79 Å². The van der Waals surface area contributed by atoms with Gasteiger partial charge in [-0.1, -0.05) is 0 Å². The smallest absolute Gasteiger partial charge is 0.274 e. The standard InChI is InChI=1S/C11H16ClN3O/c1-14-7-10(13-8-14)11(16)15(6-5-12)9-3-2-4-9/h7-9H,2-6H2,1H3. The zero-order valence-electron chi connectivity index (χ0n) is 9.40. The van der Waals surface area contributed by atoms with Crippen LogP contribution < -0.4 is 0 Å². The van der Waals surface area contributed by atoms with Gasteiger partial charge < -0.3 is 9.47 Å². The first-order chi connectivity index (χ1) is 7.72. The monoisotopic (exact) mass is 241 g/mol. The largest absolute Gasteiger partial charge is 0.340 e. The summed E-state index contributed by atoms with van der Waals surface area (Å²) in [7, 11) is 1.86. The highest BCUT2D eigenvalue weighted by Crippen LogP contribution is 2.25. The lowest BCUT2D eigenvalue weighted by atomic mass is 9.91. The zero-order valence-corrected chi connectivity index (χ0v) is 10.2. The number of hydrogen-bond donors (Lipinski definition) is 0. The van der Waals surface area contributed by atoms with Gasteiger partial charge in [0, 0.05) is 31.7 Å². The first kappa shape index (κ1) is 11.5. The van der Waals surface area contributed by atoms with E-state index >= 15 is 0 Å². The van der Waals surface area contributed by atoms with E-state index in [0.29, 0.717) is 24.2 Å². The van der Waals surface area contributed by atoms with Crippen molar-refractivity contribution in [1.29, 1.82) is 0 Å². The molecule has 1 amide bonds. The molecule has 88 valence electrons. The van der Waals surface area contributed by atoms with E-state index in [1.54, 1.807) is 17.1 Å². The van der Waals surface area contributed by atoms with Gasteiger partial charge >= 0.3 is 0 Å². The number of amides is 1. The van der Waals surface area contributed by atoms with Gasteiger partial charge in [0.1, 0.15) is 5.69 Å². The van der Waals surface area contributed by atoms with Crippen LogP contribution in [0.5, 0.6) is 0 Å². The molecule has 0 bridgehead atoms. The molecule has 16 heavy (non-hydrogen) atoms. The fourth-order valence-corrected chi connectivity index (χ4v) is 2.09. The lowest BCUT2D eigenvalue weighted by Gasteiger charge is -2.36. The quantitative estimate of drug-likeness (QED) is 0.752. The van der Waals surface area contributed by atoms with Gasteiger partial charge in [0.15, 0.2) is 0 Å². The van der Waals surface area contributed by atoms with E-state index in [1.807, 2.05) is 11.9 Å². The van der Waals surface area contributed by atoms with Crippen LogP contribution in [-0.4, -0.2) is 38.8 Å². The number of aromatic nitrogens is 2. The lowest BCUT2D eigenvalue weighted by molar-refractivity contribution is 0.0592. The van der Waals surface area contributed by atoms with Crippen molar-refractivity contribution in [3.63, 3.8) is 0 Å². The molecular weight excluding hydrogens is 226 g/mol. The van der Waals surface area contributed by atoms with E-state index in [-0.39, 0.29) is 5.91 Å². The third-order valence-electron chi connectivity index (χ3n) is 3.03. The number of alkyl halides is 1. The molecule has 0 spiro atoms. The van der Waals surface area contributed by atoms with Crippen LogP contribution in [0.25, 0.3) is 0 Å². The van der Waals surface area contributed by atoms with Crippen LogP contribution in [0, 0.1) is 0 Å². The summed E-state index contributed by atoms with van der Waals surface area (Å²) >= 11 is 5.74. The van der Waals surface area contributed by atoms with Gasteiger partial charge in [0.25, 0.3) is 5.91 Å². The third kappa shape index (κ3) is 2.21. The molecule has 1 saturated carbocycles. The second kappa shape index (κ2) is 4.87. The maximum Gasteiger partial charge on any atom is 0.274 e. The number of halogens is 1. The molecule has 0 unspecified atom stereocenters. The number of aryl methyl sites for hydroxylation is 1. The van der Waals surface area contributed by atoms with Crippen LogP contribution in [0.15, 0.2) is 12.5 Å². The van der Waals surface area contributed by atoms with Crippen LogP contribution in [0.3, 0.4) is 0 Å². The van der Waals surface area contributed by atoms with Gasteiger partial charge in [-0.2, -0.15) is 0 Å².